The summed E-state index contributed by atoms with van der Waals surface area (Å²) < 4.78 is 11.7. The molecule has 0 saturated heterocycles. The van der Waals surface area contributed by atoms with E-state index in [1.807, 2.05) is 0 Å². The van der Waals surface area contributed by atoms with E-state index in [0.29, 0.717) is 11.8 Å². The monoisotopic (exact) mass is 482 g/mol. The van der Waals surface area contributed by atoms with E-state index < -0.39 is 0 Å². The van der Waals surface area contributed by atoms with Crippen LogP contribution in [0.3, 0.4) is 0 Å². The van der Waals surface area contributed by atoms with Gasteiger partial charge in [0.1, 0.15) is 11.5 Å². The fourth-order valence-corrected chi connectivity index (χ4v) is 5.89. The second-order valence-electron chi connectivity index (χ2n) is 9.31. The highest BCUT2D eigenvalue weighted by atomic mass is 35.5. The van der Waals surface area contributed by atoms with Gasteiger partial charge in [-0.2, -0.15) is 0 Å². The molecule has 2 atom stereocenters. The number of hydrogen-bond donors (Lipinski definition) is 2. The number of methoxy groups -OCH3 is 2. The van der Waals surface area contributed by atoms with E-state index in [2.05, 4.69) is 24.3 Å². The topological polar surface area (TPSA) is 70.5 Å². The van der Waals surface area contributed by atoms with Crippen molar-refractivity contribution in [3.8, 4) is 11.5 Å². The summed E-state index contributed by atoms with van der Waals surface area (Å²) in [4.78, 5) is 0. The van der Waals surface area contributed by atoms with Gasteiger partial charge in [-0.05, 0) is 55.0 Å². The van der Waals surface area contributed by atoms with Crippen LogP contribution < -0.4 is 20.9 Å². The van der Waals surface area contributed by atoms with Crippen LogP contribution in [0.4, 0.5) is 0 Å². The van der Waals surface area contributed by atoms with E-state index in [1.54, 1.807) is 14.2 Å². The number of nitrogens with two attached hydrogens (primary N) is 2. The molecule has 2 aromatic rings. The molecule has 0 amide bonds. The quantitative estimate of drug-likeness (QED) is 0.471. The molecule has 180 valence electrons. The number of fused-ring (bicyclic) bond motifs is 1. The minimum absolute atomic E-state index is 0. The third kappa shape index (κ3) is 5.30. The molecular formula is C26H40Cl2N2O2. The SMILES string of the molecule is COc1ccc2c(OC)c(C(N)C3CCCCC3)ccc2c1C(N)C1CCCCC1.Cl.Cl. The minimum Gasteiger partial charge on any atom is -0.496 e. The highest BCUT2D eigenvalue weighted by Crippen LogP contribution is 2.45. The summed E-state index contributed by atoms with van der Waals surface area (Å²) in [5.41, 5.74) is 15.9. The van der Waals surface area contributed by atoms with Crippen molar-refractivity contribution in [3.63, 3.8) is 0 Å². The van der Waals surface area contributed by atoms with Gasteiger partial charge in [0.2, 0.25) is 0 Å². The molecule has 0 aliphatic heterocycles. The van der Waals surface area contributed by atoms with Gasteiger partial charge < -0.3 is 20.9 Å². The Hall–Kier alpha value is -1.20. The van der Waals surface area contributed by atoms with Gasteiger partial charge in [0, 0.05) is 28.6 Å². The van der Waals surface area contributed by atoms with Crippen LogP contribution in [-0.2, 0) is 0 Å². The summed E-state index contributed by atoms with van der Waals surface area (Å²) >= 11 is 0. The fourth-order valence-electron chi connectivity index (χ4n) is 5.89. The zero-order valence-electron chi connectivity index (χ0n) is 19.5. The maximum absolute atomic E-state index is 6.87. The van der Waals surface area contributed by atoms with Gasteiger partial charge in [-0.25, -0.2) is 0 Å². The smallest absolute Gasteiger partial charge is 0.131 e. The number of rotatable bonds is 6. The molecule has 0 aromatic heterocycles. The highest BCUT2D eigenvalue weighted by Gasteiger charge is 2.29. The van der Waals surface area contributed by atoms with E-state index in [1.165, 1.54) is 64.2 Å². The van der Waals surface area contributed by atoms with Crippen molar-refractivity contribution in [2.75, 3.05) is 14.2 Å². The first-order valence-corrected chi connectivity index (χ1v) is 11.8. The van der Waals surface area contributed by atoms with Crippen molar-refractivity contribution in [2.45, 2.75) is 76.3 Å². The Kier molecular flexibility index (Phi) is 10.4. The fraction of sp³-hybridized carbons (Fsp3) is 0.615. The largest absolute Gasteiger partial charge is 0.496 e. The molecule has 4 nitrogen and oxygen atoms in total. The van der Waals surface area contributed by atoms with Crippen molar-refractivity contribution in [2.24, 2.45) is 23.3 Å². The number of ether oxygens (including phenoxy) is 2. The molecule has 0 radical (unpaired) electrons. The van der Waals surface area contributed by atoms with Gasteiger partial charge >= 0.3 is 0 Å². The Labute approximate surface area is 205 Å². The van der Waals surface area contributed by atoms with Gasteiger partial charge in [-0.1, -0.05) is 50.7 Å². The minimum atomic E-state index is -0.0217. The van der Waals surface area contributed by atoms with Gasteiger partial charge in [0.25, 0.3) is 0 Å². The van der Waals surface area contributed by atoms with E-state index >= 15 is 0 Å². The maximum atomic E-state index is 6.87. The van der Waals surface area contributed by atoms with Crippen LogP contribution in [0.1, 0.15) is 87.4 Å². The first-order valence-electron chi connectivity index (χ1n) is 11.8. The molecule has 0 bridgehead atoms. The summed E-state index contributed by atoms with van der Waals surface area (Å²) in [5, 5.41) is 2.24. The normalized spacial score (nSPS) is 19.5. The van der Waals surface area contributed by atoms with E-state index in [4.69, 9.17) is 20.9 Å². The van der Waals surface area contributed by atoms with Gasteiger partial charge in [-0.15, -0.1) is 24.8 Å². The molecule has 4 rings (SSSR count). The molecule has 0 spiro atoms. The number of benzene rings is 2. The van der Waals surface area contributed by atoms with Crippen LogP contribution in [0.15, 0.2) is 24.3 Å². The molecule has 2 saturated carbocycles. The Balaban J connectivity index is 0.00000181. The molecule has 2 aromatic carbocycles. The molecule has 6 heteroatoms. The molecule has 2 fully saturated rings. The third-order valence-electron chi connectivity index (χ3n) is 7.62. The van der Waals surface area contributed by atoms with Crippen LogP contribution in [-0.4, -0.2) is 14.2 Å². The molecule has 4 N–H and O–H groups in total. The molecule has 2 aliphatic carbocycles. The summed E-state index contributed by atoms with van der Waals surface area (Å²) in [6.45, 7) is 0. The zero-order valence-corrected chi connectivity index (χ0v) is 21.1. The van der Waals surface area contributed by atoms with Crippen molar-refractivity contribution in [1.82, 2.24) is 0 Å². The molecular weight excluding hydrogens is 443 g/mol. The lowest BCUT2D eigenvalue weighted by atomic mass is 9.79. The van der Waals surface area contributed by atoms with Gasteiger partial charge in [0.15, 0.2) is 0 Å². The van der Waals surface area contributed by atoms with Crippen LogP contribution in [0, 0.1) is 11.8 Å². The molecule has 2 unspecified atom stereocenters. The molecule has 32 heavy (non-hydrogen) atoms. The Morgan fingerprint density at radius 1 is 0.688 bits per heavy atom. The summed E-state index contributed by atoms with van der Waals surface area (Å²) in [5.74, 6) is 2.83. The number of halogens is 2. The van der Waals surface area contributed by atoms with Gasteiger partial charge in [-0.3, -0.25) is 0 Å². The Morgan fingerprint density at radius 2 is 1.22 bits per heavy atom. The predicted octanol–water partition coefficient (Wildman–Crippen LogP) is 6.86. The van der Waals surface area contributed by atoms with Crippen LogP contribution >= 0.6 is 24.8 Å². The zero-order chi connectivity index (χ0) is 21.1. The highest BCUT2D eigenvalue weighted by molar-refractivity contribution is 5.94. The third-order valence-corrected chi connectivity index (χ3v) is 7.62. The lowest BCUT2D eigenvalue weighted by molar-refractivity contribution is 0.301. The summed E-state index contributed by atoms with van der Waals surface area (Å²) in [6.07, 6.45) is 12.6. The number of hydrogen-bond acceptors (Lipinski definition) is 4. The van der Waals surface area contributed by atoms with Crippen LogP contribution in [0.25, 0.3) is 10.8 Å². The molecule has 2 aliphatic rings. The van der Waals surface area contributed by atoms with Crippen molar-refractivity contribution >= 4 is 35.6 Å². The first kappa shape index (κ1) is 27.0. The standard InChI is InChI=1S/C26H38N2O2.2ClH/c1-29-22-16-15-20-19(23(22)25(28)18-11-7-4-8-12-18)13-14-21(26(20)30-2)24(27)17-9-5-3-6-10-17;;/h13-18,24-25H,3-12,27-28H2,1-2H3;2*1H. The maximum Gasteiger partial charge on any atom is 0.131 e. The van der Waals surface area contributed by atoms with Crippen LogP contribution in [0.5, 0.6) is 11.5 Å². The Bertz CT molecular complexity index is 865. The van der Waals surface area contributed by atoms with Crippen molar-refractivity contribution in [1.29, 1.82) is 0 Å². The predicted molar refractivity (Wildman–Crippen MR) is 139 cm³/mol. The van der Waals surface area contributed by atoms with E-state index in [0.717, 1.165) is 33.4 Å². The average molecular weight is 484 g/mol. The molecule has 0 heterocycles. The van der Waals surface area contributed by atoms with Crippen molar-refractivity contribution < 1.29 is 9.47 Å². The van der Waals surface area contributed by atoms with E-state index in [9.17, 15) is 0 Å². The van der Waals surface area contributed by atoms with E-state index in [-0.39, 0.29) is 36.9 Å². The second kappa shape index (κ2) is 12.3. The summed E-state index contributed by atoms with van der Waals surface area (Å²) in [6, 6.07) is 8.54. The van der Waals surface area contributed by atoms with Crippen molar-refractivity contribution in [3.05, 3.63) is 35.4 Å². The lowest BCUT2D eigenvalue weighted by Gasteiger charge is -2.31. The van der Waals surface area contributed by atoms with Crippen LogP contribution in [0.2, 0.25) is 0 Å². The summed E-state index contributed by atoms with van der Waals surface area (Å²) in [7, 11) is 3.50. The second-order valence-corrected chi connectivity index (χ2v) is 9.31. The average Bonchev–Trinajstić information content (AvgIpc) is 2.82. The van der Waals surface area contributed by atoms with Gasteiger partial charge in [0.05, 0.1) is 14.2 Å². The first-order chi connectivity index (χ1) is 14.7. The Morgan fingerprint density at radius 3 is 1.75 bits per heavy atom. The lowest BCUT2D eigenvalue weighted by Crippen LogP contribution is -2.25.